The van der Waals surface area contributed by atoms with Gasteiger partial charge >= 0.3 is 5.97 Å². The number of hydrogen-bond acceptors (Lipinski definition) is 2. The first-order valence-electron chi connectivity index (χ1n) is 3.63. The van der Waals surface area contributed by atoms with E-state index in [2.05, 4.69) is 0 Å². The molecule has 13 heavy (non-hydrogen) atoms. The lowest BCUT2D eigenvalue weighted by atomic mass is 10.1. The third-order valence-electron chi connectivity index (χ3n) is 1.73. The number of aryl methyl sites for hydroxylation is 1. The van der Waals surface area contributed by atoms with Gasteiger partial charge in [-0.25, -0.2) is 4.79 Å². The predicted molar refractivity (Wildman–Crippen MR) is 54.9 cm³/mol. The standard InChI is InChI=1S/C9H9ClO2S/c1-5-3-8(13-2)7(10)4-6(5)9(11)12/h3-4H,1-2H3,(H,11,12). The summed E-state index contributed by atoms with van der Waals surface area (Å²) in [5.41, 5.74) is 1.00. The lowest BCUT2D eigenvalue weighted by molar-refractivity contribution is 0.0696. The Bertz CT molecular complexity index is 350. The van der Waals surface area contributed by atoms with Gasteiger partial charge in [0.05, 0.1) is 10.6 Å². The van der Waals surface area contributed by atoms with Crippen LogP contribution in [0, 0.1) is 6.92 Å². The summed E-state index contributed by atoms with van der Waals surface area (Å²) < 4.78 is 0. The van der Waals surface area contributed by atoms with Gasteiger partial charge < -0.3 is 5.11 Å². The quantitative estimate of drug-likeness (QED) is 0.772. The lowest BCUT2D eigenvalue weighted by Gasteiger charge is -2.05. The van der Waals surface area contributed by atoms with Crippen LogP contribution in [0.2, 0.25) is 5.02 Å². The molecule has 0 aliphatic rings. The third kappa shape index (κ3) is 2.17. The molecule has 0 amide bonds. The Morgan fingerprint density at radius 1 is 1.54 bits per heavy atom. The molecule has 0 saturated carbocycles. The van der Waals surface area contributed by atoms with Crippen LogP contribution in [0.3, 0.4) is 0 Å². The SMILES string of the molecule is CSc1cc(C)c(C(=O)O)cc1Cl. The van der Waals surface area contributed by atoms with Gasteiger partial charge in [-0.1, -0.05) is 11.6 Å². The van der Waals surface area contributed by atoms with E-state index in [1.54, 1.807) is 13.0 Å². The minimum absolute atomic E-state index is 0.266. The zero-order chi connectivity index (χ0) is 10.0. The van der Waals surface area contributed by atoms with Gasteiger partial charge in [-0.2, -0.15) is 0 Å². The van der Waals surface area contributed by atoms with Crippen LogP contribution in [-0.4, -0.2) is 17.3 Å². The monoisotopic (exact) mass is 216 g/mol. The molecule has 1 rings (SSSR count). The van der Waals surface area contributed by atoms with E-state index in [9.17, 15) is 4.79 Å². The molecular formula is C9H9ClO2S. The molecule has 0 aromatic heterocycles. The normalized spacial score (nSPS) is 10.1. The van der Waals surface area contributed by atoms with Crippen molar-refractivity contribution in [3.05, 3.63) is 28.3 Å². The summed E-state index contributed by atoms with van der Waals surface area (Å²) in [5.74, 6) is -0.938. The summed E-state index contributed by atoms with van der Waals surface area (Å²) >= 11 is 7.37. The maximum atomic E-state index is 10.7. The largest absolute Gasteiger partial charge is 0.478 e. The molecule has 0 heterocycles. The van der Waals surface area contributed by atoms with E-state index in [-0.39, 0.29) is 5.56 Å². The smallest absolute Gasteiger partial charge is 0.336 e. The van der Waals surface area contributed by atoms with Gasteiger partial charge in [0.25, 0.3) is 0 Å². The summed E-state index contributed by atoms with van der Waals surface area (Å²) in [5, 5.41) is 9.28. The lowest BCUT2D eigenvalue weighted by Crippen LogP contribution is -1.99. The van der Waals surface area contributed by atoms with Crippen LogP contribution >= 0.6 is 23.4 Å². The van der Waals surface area contributed by atoms with Crippen LogP contribution in [-0.2, 0) is 0 Å². The zero-order valence-corrected chi connectivity index (χ0v) is 8.87. The van der Waals surface area contributed by atoms with E-state index in [4.69, 9.17) is 16.7 Å². The van der Waals surface area contributed by atoms with Crippen molar-refractivity contribution in [2.75, 3.05) is 6.26 Å². The Hall–Kier alpha value is -0.670. The molecule has 4 heteroatoms. The fourth-order valence-electron chi connectivity index (χ4n) is 1.04. The van der Waals surface area contributed by atoms with Crippen LogP contribution in [0.5, 0.6) is 0 Å². The second-order valence-electron chi connectivity index (χ2n) is 2.61. The van der Waals surface area contributed by atoms with Crippen molar-refractivity contribution in [3.63, 3.8) is 0 Å². The fourth-order valence-corrected chi connectivity index (χ4v) is 1.99. The molecular weight excluding hydrogens is 208 g/mol. The maximum absolute atomic E-state index is 10.7. The third-order valence-corrected chi connectivity index (χ3v) is 2.93. The first-order chi connectivity index (χ1) is 6.06. The highest BCUT2D eigenvalue weighted by Gasteiger charge is 2.10. The van der Waals surface area contributed by atoms with Gasteiger partial charge in [0.15, 0.2) is 0 Å². The maximum Gasteiger partial charge on any atom is 0.336 e. The van der Waals surface area contributed by atoms with Crippen molar-refractivity contribution < 1.29 is 9.90 Å². The van der Waals surface area contributed by atoms with E-state index in [0.29, 0.717) is 5.02 Å². The van der Waals surface area contributed by atoms with E-state index in [1.165, 1.54) is 17.8 Å². The van der Waals surface area contributed by atoms with Crippen LogP contribution in [0.1, 0.15) is 15.9 Å². The average Bonchev–Trinajstić information content (AvgIpc) is 2.07. The topological polar surface area (TPSA) is 37.3 Å². The van der Waals surface area contributed by atoms with Crippen molar-refractivity contribution in [1.82, 2.24) is 0 Å². The number of carboxylic acid groups (broad SMARTS) is 1. The average molecular weight is 217 g/mol. The van der Waals surface area contributed by atoms with Crippen molar-refractivity contribution in [2.24, 2.45) is 0 Å². The summed E-state index contributed by atoms with van der Waals surface area (Å²) in [6.07, 6.45) is 1.90. The van der Waals surface area contributed by atoms with Crippen LogP contribution in [0.25, 0.3) is 0 Å². The molecule has 0 unspecified atom stereocenters. The number of hydrogen-bond donors (Lipinski definition) is 1. The van der Waals surface area contributed by atoms with Gasteiger partial charge in [-0.05, 0) is 30.9 Å². The number of benzene rings is 1. The molecule has 70 valence electrons. The highest BCUT2D eigenvalue weighted by Crippen LogP contribution is 2.28. The number of thioether (sulfide) groups is 1. The molecule has 0 atom stereocenters. The molecule has 0 fully saturated rings. The molecule has 0 radical (unpaired) electrons. The Kier molecular flexibility index (Phi) is 3.22. The van der Waals surface area contributed by atoms with Crippen molar-refractivity contribution in [2.45, 2.75) is 11.8 Å². The predicted octanol–water partition coefficient (Wildman–Crippen LogP) is 3.07. The van der Waals surface area contributed by atoms with Crippen LogP contribution in [0.15, 0.2) is 17.0 Å². The van der Waals surface area contributed by atoms with Gasteiger partial charge in [-0.3, -0.25) is 0 Å². The Morgan fingerprint density at radius 3 is 2.62 bits per heavy atom. The zero-order valence-electron chi connectivity index (χ0n) is 7.30. The Labute approximate surface area is 85.9 Å². The molecule has 0 aliphatic carbocycles. The number of carbonyl (C=O) groups is 1. The van der Waals surface area contributed by atoms with E-state index < -0.39 is 5.97 Å². The van der Waals surface area contributed by atoms with Crippen LogP contribution < -0.4 is 0 Å². The second-order valence-corrected chi connectivity index (χ2v) is 3.86. The Balaban J connectivity index is 3.28. The minimum Gasteiger partial charge on any atom is -0.478 e. The molecule has 0 saturated heterocycles. The van der Waals surface area contributed by atoms with Gasteiger partial charge in [0.1, 0.15) is 0 Å². The first kappa shape index (κ1) is 10.4. The Morgan fingerprint density at radius 2 is 2.15 bits per heavy atom. The van der Waals surface area contributed by atoms with Gasteiger partial charge in [0.2, 0.25) is 0 Å². The minimum atomic E-state index is -0.938. The molecule has 1 aromatic rings. The molecule has 2 nitrogen and oxygen atoms in total. The van der Waals surface area contributed by atoms with Crippen molar-refractivity contribution in [3.8, 4) is 0 Å². The summed E-state index contributed by atoms with van der Waals surface area (Å²) in [7, 11) is 0. The molecule has 0 spiro atoms. The van der Waals surface area contributed by atoms with Crippen LogP contribution in [0.4, 0.5) is 0 Å². The van der Waals surface area contributed by atoms with E-state index >= 15 is 0 Å². The van der Waals surface area contributed by atoms with Crippen molar-refractivity contribution >= 4 is 29.3 Å². The van der Waals surface area contributed by atoms with Crippen molar-refractivity contribution in [1.29, 1.82) is 0 Å². The van der Waals surface area contributed by atoms with E-state index in [1.807, 2.05) is 6.26 Å². The number of carboxylic acids is 1. The highest BCUT2D eigenvalue weighted by molar-refractivity contribution is 7.98. The molecule has 1 N–H and O–H groups in total. The van der Waals surface area contributed by atoms with E-state index in [0.717, 1.165) is 10.5 Å². The molecule has 1 aromatic carbocycles. The molecule has 0 bridgehead atoms. The highest BCUT2D eigenvalue weighted by atomic mass is 35.5. The summed E-state index contributed by atoms with van der Waals surface area (Å²) in [6.45, 7) is 1.76. The molecule has 0 aliphatic heterocycles. The summed E-state index contributed by atoms with van der Waals surface area (Å²) in [6, 6.07) is 3.28. The second kappa shape index (κ2) is 4.03. The fraction of sp³-hybridized carbons (Fsp3) is 0.222. The number of rotatable bonds is 2. The first-order valence-corrected chi connectivity index (χ1v) is 5.24. The number of aromatic carboxylic acids is 1. The summed E-state index contributed by atoms with van der Waals surface area (Å²) in [4.78, 5) is 11.6. The van der Waals surface area contributed by atoms with Gasteiger partial charge in [0, 0.05) is 4.90 Å². The van der Waals surface area contributed by atoms with Gasteiger partial charge in [-0.15, -0.1) is 11.8 Å². The number of halogens is 1.